The van der Waals surface area contributed by atoms with E-state index in [0.29, 0.717) is 0 Å². The van der Waals surface area contributed by atoms with Crippen molar-refractivity contribution in [1.82, 2.24) is 19.9 Å². The fourth-order valence-electron chi connectivity index (χ4n) is 3.30. The Morgan fingerprint density at radius 3 is 1.70 bits per heavy atom. The van der Waals surface area contributed by atoms with Gasteiger partial charge in [0.2, 0.25) is 0 Å². The molecule has 5 rings (SSSR count). The maximum absolute atomic E-state index is 5.78. The van der Waals surface area contributed by atoms with E-state index in [9.17, 15) is 0 Å². The third kappa shape index (κ3) is 2.98. The van der Waals surface area contributed by atoms with Crippen molar-refractivity contribution in [3.05, 3.63) is 89.7 Å². The van der Waals surface area contributed by atoms with Gasteiger partial charge in [-0.15, -0.1) is 6.42 Å². The second kappa shape index (κ2) is 6.25. The summed E-state index contributed by atoms with van der Waals surface area (Å²) in [5.74, 6) is 2.82. The summed E-state index contributed by atoms with van der Waals surface area (Å²) in [6, 6.07) is 12.4. The molecule has 0 saturated heterocycles. The van der Waals surface area contributed by atoms with Crippen molar-refractivity contribution >= 4 is 46.9 Å². The molecule has 130 valence electrons. The Labute approximate surface area is 168 Å². The van der Waals surface area contributed by atoms with E-state index in [1.54, 1.807) is 0 Å². The zero-order valence-corrected chi connectivity index (χ0v) is 16.4. The molecule has 5 heteroatoms. The van der Waals surface area contributed by atoms with E-state index >= 15 is 0 Å². The highest BCUT2D eigenvalue weighted by Crippen LogP contribution is 2.07. The van der Waals surface area contributed by atoms with Crippen molar-refractivity contribution in [1.29, 1.82) is 0 Å². The predicted molar refractivity (Wildman–Crippen MR) is 117 cm³/mol. The molecule has 0 aliphatic carbocycles. The Hall–Kier alpha value is -3.11. The van der Waals surface area contributed by atoms with Crippen LogP contribution in [-0.2, 0) is 0 Å². The Kier molecular flexibility index (Phi) is 3.73. The number of H-pyrrole nitrogens is 4. The van der Waals surface area contributed by atoms with E-state index < -0.39 is 0 Å². The molecule has 0 amide bonds. The minimum atomic E-state index is 0.873. The van der Waals surface area contributed by atoms with Crippen molar-refractivity contribution in [3.8, 4) is 12.3 Å². The Bertz CT molecular complexity index is 1450. The first-order valence-corrected chi connectivity index (χ1v) is 9.60. The van der Waals surface area contributed by atoms with Gasteiger partial charge in [0, 0.05) is 33.5 Å². The van der Waals surface area contributed by atoms with Gasteiger partial charge in [-0.25, -0.2) is 0 Å². The summed E-state index contributed by atoms with van der Waals surface area (Å²) in [5, 5.41) is 4.01. The second-order valence-corrected chi connectivity index (χ2v) is 7.55. The van der Waals surface area contributed by atoms with Gasteiger partial charge < -0.3 is 19.9 Å². The van der Waals surface area contributed by atoms with Gasteiger partial charge in [0.1, 0.15) is 0 Å². The van der Waals surface area contributed by atoms with E-state index in [4.69, 9.17) is 6.42 Å². The van der Waals surface area contributed by atoms with Gasteiger partial charge in [0.15, 0.2) is 0 Å². The summed E-state index contributed by atoms with van der Waals surface area (Å²) in [6.07, 6.45) is 14.1. The number of aromatic nitrogens is 4. The highest BCUT2D eigenvalue weighted by atomic mass is 127. The van der Waals surface area contributed by atoms with Crippen molar-refractivity contribution in [2.45, 2.75) is 0 Å². The molecule has 8 bridgehead atoms. The van der Waals surface area contributed by atoms with Crippen molar-refractivity contribution in [2.24, 2.45) is 0 Å². The molecule has 1 aliphatic rings. The van der Waals surface area contributed by atoms with Crippen molar-refractivity contribution < 1.29 is 0 Å². The quantitative estimate of drug-likeness (QED) is 0.198. The molecule has 0 radical (unpaired) electrons. The first-order valence-electron chi connectivity index (χ1n) is 8.52. The van der Waals surface area contributed by atoms with Gasteiger partial charge in [-0.3, -0.25) is 0 Å². The second-order valence-electron chi connectivity index (χ2n) is 6.47. The lowest BCUT2D eigenvalue weighted by Gasteiger charge is -1.89. The minimum absolute atomic E-state index is 0.873. The molecule has 0 unspecified atom stereocenters. The number of hydrogen-bond acceptors (Lipinski definition) is 0. The zero-order valence-electron chi connectivity index (χ0n) is 14.2. The third-order valence-corrected chi connectivity index (χ3v) is 5.67. The van der Waals surface area contributed by atoms with E-state index in [-0.39, 0.29) is 0 Å². The van der Waals surface area contributed by atoms with Crippen LogP contribution >= 0.6 is 22.6 Å². The maximum atomic E-state index is 5.78. The molecule has 0 fully saturated rings. The predicted octanol–water partition coefficient (Wildman–Crippen LogP) is 1.21. The lowest BCUT2D eigenvalue weighted by Crippen LogP contribution is -2.12. The lowest BCUT2D eigenvalue weighted by molar-refractivity contribution is 1.23. The molecule has 5 heterocycles. The van der Waals surface area contributed by atoms with E-state index in [2.05, 4.69) is 97.0 Å². The van der Waals surface area contributed by atoms with Crippen LogP contribution in [0.15, 0.2) is 36.4 Å². The van der Waals surface area contributed by atoms with Gasteiger partial charge in [-0.05, 0) is 83.3 Å². The molecule has 0 atom stereocenters. The van der Waals surface area contributed by atoms with Crippen LogP contribution in [-0.4, -0.2) is 19.9 Å². The molecule has 0 spiro atoms. The largest absolute Gasteiger partial charge is 0.355 e. The molecule has 0 aromatic carbocycles. The summed E-state index contributed by atoms with van der Waals surface area (Å²) in [4.78, 5) is 13.7. The van der Waals surface area contributed by atoms with Gasteiger partial charge in [-0.2, -0.15) is 0 Å². The monoisotopic (exact) mass is 462 g/mol. The topological polar surface area (TPSA) is 63.2 Å². The smallest absolute Gasteiger partial charge is 0.0633 e. The number of aromatic amines is 4. The number of nitrogens with one attached hydrogen (secondary N) is 4. The molecule has 4 N–H and O–H groups in total. The molecule has 4 nitrogen and oxygen atoms in total. The van der Waals surface area contributed by atoms with Crippen LogP contribution in [0.2, 0.25) is 0 Å². The van der Waals surface area contributed by atoms with Crippen LogP contribution in [0, 0.1) is 15.9 Å². The molecule has 0 saturated carbocycles. The highest BCUT2D eigenvalue weighted by Gasteiger charge is 2.06. The first kappa shape index (κ1) is 16.1. The minimum Gasteiger partial charge on any atom is -0.355 e. The Balaban J connectivity index is 1.85. The van der Waals surface area contributed by atoms with Gasteiger partial charge in [0.25, 0.3) is 0 Å². The van der Waals surface area contributed by atoms with Crippen molar-refractivity contribution in [3.63, 3.8) is 0 Å². The van der Waals surface area contributed by atoms with E-state index in [0.717, 1.165) is 53.3 Å². The average molecular weight is 462 g/mol. The van der Waals surface area contributed by atoms with E-state index in [1.165, 1.54) is 0 Å². The number of halogens is 1. The summed E-state index contributed by atoms with van der Waals surface area (Å²) >= 11 is 2.30. The fourth-order valence-corrected chi connectivity index (χ4v) is 4.04. The third-order valence-electron chi connectivity index (χ3n) is 4.55. The van der Waals surface area contributed by atoms with Gasteiger partial charge in [-0.1, -0.05) is 5.92 Å². The average Bonchev–Trinajstić information content (AvgIpc) is 3.41. The van der Waals surface area contributed by atoms with Crippen LogP contribution in [0.1, 0.15) is 28.3 Å². The van der Waals surface area contributed by atoms with Crippen LogP contribution in [0.5, 0.6) is 0 Å². The standard InChI is InChI=1S/C22H15IN4/c1-2-19-20-11-17-7-5-15(25-17)9-13-3-4-14(24-13)10-16-6-8-18(26-16)12-21(27-20)22(19)23/h1,3-12,24-27H. The van der Waals surface area contributed by atoms with Crippen molar-refractivity contribution in [2.75, 3.05) is 0 Å². The number of hydrogen-bond donors (Lipinski definition) is 4. The molecule has 1 aliphatic heterocycles. The summed E-state index contributed by atoms with van der Waals surface area (Å²) in [5.41, 5.74) is 4.95. The normalized spacial score (nSPS) is 12.3. The Morgan fingerprint density at radius 2 is 1.15 bits per heavy atom. The molecule has 4 aromatic heterocycles. The summed E-state index contributed by atoms with van der Waals surface area (Å²) in [7, 11) is 0. The lowest BCUT2D eigenvalue weighted by atomic mass is 10.2. The van der Waals surface area contributed by atoms with Gasteiger partial charge >= 0.3 is 0 Å². The molecule has 4 aromatic rings. The number of rotatable bonds is 0. The highest BCUT2D eigenvalue weighted by molar-refractivity contribution is 14.1. The van der Waals surface area contributed by atoms with Crippen LogP contribution < -0.4 is 21.4 Å². The first-order chi connectivity index (χ1) is 13.2. The molecule has 27 heavy (non-hydrogen) atoms. The molecular weight excluding hydrogens is 447 g/mol. The Morgan fingerprint density at radius 1 is 0.630 bits per heavy atom. The maximum Gasteiger partial charge on any atom is 0.0633 e. The van der Waals surface area contributed by atoms with Crippen LogP contribution in [0.25, 0.3) is 24.3 Å². The fraction of sp³-hybridized carbons (Fsp3) is 0. The van der Waals surface area contributed by atoms with Gasteiger partial charge in [0.05, 0.1) is 19.8 Å². The number of terminal acetylenes is 1. The van der Waals surface area contributed by atoms with Crippen LogP contribution in [0.4, 0.5) is 0 Å². The zero-order chi connectivity index (χ0) is 18.4. The van der Waals surface area contributed by atoms with E-state index in [1.807, 2.05) is 12.1 Å². The summed E-state index contributed by atoms with van der Waals surface area (Å²) < 4.78 is 1.04. The van der Waals surface area contributed by atoms with Crippen LogP contribution in [0.3, 0.4) is 0 Å². The number of fused-ring (bicyclic) bond motifs is 8. The molecular formula is C22H15IN4. The summed E-state index contributed by atoms with van der Waals surface area (Å²) in [6.45, 7) is 0. The SMILES string of the molecule is C#Cc1c(I)c2[nH]c1=Cc1ccc([nH]1)C=c1ccc([nH]1)=Cc1ccc([nH]1)C=2.